The number of rotatable bonds is 4. The van der Waals surface area contributed by atoms with Crippen molar-refractivity contribution in [2.75, 3.05) is 6.61 Å². The summed E-state index contributed by atoms with van der Waals surface area (Å²) < 4.78 is 5.47. The number of aliphatic hydroxyl groups excluding tert-OH is 4. The molecule has 21 heavy (non-hydrogen) atoms. The fourth-order valence-corrected chi connectivity index (χ4v) is 4.38. The molecule has 7 nitrogen and oxygen atoms in total. The second-order valence-electron chi connectivity index (χ2n) is 5.67. The molecule has 2 fully saturated rings. The number of carbonyl (C=O) groups excluding carboxylic acids is 1. The van der Waals surface area contributed by atoms with Crippen LogP contribution in [0.5, 0.6) is 0 Å². The van der Waals surface area contributed by atoms with E-state index in [0.717, 1.165) is 19.3 Å². The fourth-order valence-electron chi connectivity index (χ4n) is 2.85. The van der Waals surface area contributed by atoms with Crippen LogP contribution < -0.4 is 5.32 Å². The molecule has 1 saturated heterocycles. The number of ether oxygens (including phenoxy) is 1. The summed E-state index contributed by atoms with van der Waals surface area (Å²) in [5.74, 6) is -0.0570. The number of aliphatic hydroxyl groups is 4. The second kappa shape index (κ2) is 7.26. The third kappa shape index (κ3) is 4.08. The normalized spacial score (nSPS) is 43.8. The first kappa shape index (κ1) is 17.0. The largest absolute Gasteiger partial charge is 0.394 e. The van der Waals surface area contributed by atoms with Gasteiger partial charge in [-0.1, -0.05) is 0 Å². The van der Waals surface area contributed by atoms with Gasteiger partial charge in [-0.05, 0) is 19.3 Å². The summed E-state index contributed by atoms with van der Waals surface area (Å²) in [7, 11) is 0. The summed E-state index contributed by atoms with van der Waals surface area (Å²) in [6.45, 7) is 1.07. The first-order valence-electron chi connectivity index (χ1n) is 7.15. The Hall–Kier alpha value is -0.380. The molecule has 1 heterocycles. The summed E-state index contributed by atoms with van der Waals surface area (Å²) in [6, 6.07) is 0.130. The third-order valence-electron chi connectivity index (χ3n) is 3.97. The predicted octanol–water partition coefficient (Wildman–Crippen LogP) is -1.42. The molecule has 122 valence electrons. The van der Waals surface area contributed by atoms with Crippen LogP contribution in [0, 0.1) is 0 Å². The van der Waals surface area contributed by atoms with E-state index in [0.29, 0.717) is 0 Å². The number of amides is 1. The Morgan fingerprint density at radius 1 is 1.24 bits per heavy atom. The quantitative estimate of drug-likeness (QED) is 0.431. The van der Waals surface area contributed by atoms with E-state index in [9.17, 15) is 20.1 Å². The van der Waals surface area contributed by atoms with Gasteiger partial charge in [-0.15, -0.1) is 11.8 Å². The van der Waals surface area contributed by atoms with Crippen LogP contribution in [0.2, 0.25) is 0 Å². The van der Waals surface area contributed by atoms with Crippen molar-refractivity contribution >= 4 is 17.7 Å². The van der Waals surface area contributed by atoms with E-state index in [1.807, 2.05) is 0 Å². The van der Waals surface area contributed by atoms with E-state index in [2.05, 4.69) is 5.32 Å². The van der Waals surface area contributed by atoms with Crippen LogP contribution in [0.1, 0.15) is 26.2 Å². The van der Waals surface area contributed by atoms with Crippen LogP contribution in [-0.4, -0.2) is 74.1 Å². The van der Waals surface area contributed by atoms with Crippen molar-refractivity contribution < 1.29 is 30.0 Å². The van der Waals surface area contributed by atoms with Gasteiger partial charge in [0.25, 0.3) is 0 Å². The molecule has 0 aromatic carbocycles. The lowest BCUT2D eigenvalue weighted by atomic mass is 10.0. The number of hydrogen-bond donors (Lipinski definition) is 5. The van der Waals surface area contributed by atoms with Crippen LogP contribution in [0.25, 0.3) is 0 Å². The first-order valence-corrected chi connectivity index (χ1v) is 8.09. The van der Waals surface area contributed by atoms with Gasteiger partial charge < -0.3 is 30.5 Å². The summed E-state index contributed by atoms with van der Waals surface area (Å²) >= 11 is 1.39. The molecular formula is C13H23NO6S. The van der Waals surface area contributed by atoms with Gasteiger partial charge in [0, 0.05) is 18.2 Å². The standard InChI is InChI=1S/C13H23NO6S/c1-6(16)14-7-2-3-8(4-7)21-13-12(19)11(18)10(17)9(5-15)20-13/h7-13,15,17-19H,2-5H2,1H3,(H,14,16)/t7?,8?,9-,10+,11+,12-,13+/m1/s1. The maximum Gasteiger partial charge on any atom is 0.217 e. The Bertz CT molecular complexity index is 369. The predicted molar refractivity (Wildman–Crippen MR) is 76.6 cm³/mol. The molecule has 1 amide bonds. The molecule has 1 aliphatic carbocycles. The Kier molecular flexibility index (Phi) is 5.87. The van der Waals surface area contributed by atoms with E-state index >= 15 is 0 Å². The molecule has 0 spiro atoms. The molecule has 1 aliphatic heterocycles. The summed E-state index contributed by atoms with van der Waals surface area (Å²) in [5.41, 5.74) is -0.693. The summed E-state index contributed by atoms with van der Waals surface area (Å²) in [5, 5.41) is 41.7. The maximum atomic E-state index is 11.0. The summed E-state index contributed by atoms with van der Waals surface area (Å²) in [4.78, 5) is 11.0. The van der Waals surface area contributed by atoms with Crippen molar-refractivity contribution in [1.29, 1.82) is 0 Å². The zero-order valence-corrected chi connectivity index (χ0v) is 12.7. The van der Waals surface area contributed by atoms with Crippen molar-refractivity contribution in [3.63, 3.8) is 0 Å². The molecule has 2 aliphatic rings. The molecule has 8 heteroatoms. The average molecular weight is 321 g/mol. The van der Waals surface area contributed by atoms with E-state index in [-0.39, 0.29) is 17.2 Å². The van der Waals surface area contributed by atoms with E-state index in [1.54, 1.807) is 0 Å². The van der Waals surface area contributed by atoms with Crippen LogP contribution >= 0.6 is 11.8 Å². The monoisotopic (exact) mass is 321 g/mol. The smallest absolute Gasteiger partial charge is 0.217 e. The molecule has 0 radical (unpaired) electrons. The molecule has 2 unspecified atom stereocenters. The lowest BCUT2D eigenvalue weighted by Crippen LogP contribution is -2.57. The fraction of sp³-hybridized carbons (Fsp3) is 0.923. The van der Waals surface area contributed by atoms with Crippen molar-refractivity contribution in [2.45, 2.75) is 67.3 Å². The SMILES string of the molecule is CC(=O)NC1CCC(S[C@@H]2O[C@H](CO)[C@H](O)[C@H](O)[C@H]2O)C1. The number of thioether (sulfide) groups is 1. The summed E-state index contributed by atoms with van der Waals surface area (Å²) in [6.07, 6.45) is -2.20. The molecular weight excluding hydrogens is 298 g/mol. The van der Waals surface area contributed by atoms with Gasteiger partial charge >= 0.3 is 0 Å². The Balaban J connectivity index is 1.89. The molecule has 0 bridgehead atoms. The zero-order valence-electron chi connectivity index (χ0n) is 11.9. The van der Waals surface area contributed by atoms with Gasteiger partial charge in [0.15, 0.2) is 0 Å². The average Bonchev–Trinajstić information content (AvgIpc) is 2.86. The molecule has 5 N–H and O–H groups in total. The van der Waals surface area contributed by atoms with Crippen molar-refractivity contribution in [1.82, 2.24) is 5.32 Å². The van der Waals surface area contributed by atoms with Crippen LogP contribution in [0.3, 0.4) is 0 Å². The van der Waals surface area contributed by atoms with Crippen molar-refractivity contribution in [3.8, 4) is 0 Å². The number of carbonyl (C=O) groups is 1. The Morgan fingerprint density at radius 2 is 1.95 bits per heavy atom. The van der Waals surface area contributed by atoms with Gasteiger partial charge in [0.05, 0.1) is 6.61 Å². The molecule has 1 saturated carbocycles. The third-order valence-corrected chi connectivity index (χ3v) is 5.44. The highest BCUT2D eigenvalue weighted by Gasteiger charge is 2.44. The highest BCUT2D eigenvalue weighted by Crippen LogP contribution is 2.37. The lowest BCUT2D eigenvalue weighted by molar-refractivity contribution is -0.205. The highest BCUT2D eigenvalue weighted by molar-refractivity contribution is 8.00. The maximum absolute atomic E-state index is 11.0. The number of nitrogens with one attached hydrogen (secondary N) is 1. The Labute approximate surface area is 127 Å². The van der Waals surface area contributed by atoms with Gasteiger partial charge in [0.1, 0.15) is 29.9 Å². The van der Waals surface area contributed by atoms with Gasteiger partial charge in [-0.25, -0.2) is 0 Å². The van der Waals surface area contributed by atoms with Crippen molar-refractivity contribution in [2.24, 2.45) is 0 Å². The van der Waals surface area contributed by atoms with Crippen LogP contribution in [-0.2, 0) is 9.53 Å². The Morgan fingerprint density at radius 3 is 2.57 bits per heavy atom. The van der Waals surface area contributed by atoms with Gasteiger partial charge in [-0.3, -0.25) is 4.79 Å². The highest BCUT2D eigenvalue weighted by atomic mass is 32.2. The van der Waals surface area contributed by atoms with E-state index in [1.165, 1.54) is 18.7 Å². The van der Waals surface area contributed by atoms with Gasteiger partial charge in [0.2, 0.25) is 5.91 Å². The van der Waals surface area contributed by atoms with Gasteiger partial charge in [-0.2, -0.15) is 0 Å². The van der Waals surface area contributed by atoms with E-state index < -0.39 is 36.5 Å². The minimum absolute atomic E-state index is 0.0570. The topological polar surface area (TPSA) is 119 Å². The molecule has 0 aromatic heterocycles. The molecule has 2 rings (SSSR count). The lowest BCUT2D eigenvalue weighted by Gasteiger charge is -2.40. The molecule has 0 aromatic rings. The number of hydrogen-bond acceptors (Lipinski definition) is 7. The minimum atomic E-state index is -1.33. The zero-order chi connectivity index (χ0) is 15.6. The second-order valence-corrected chi connectivity index (χ2v) is 7.07. The van der Waals surface area contributed by atoms with Crippen LogP contribution in [0.15, 0.2) is 0 Å². The molecule has 7 atom stereocenters. The van der Waals surface area contributed by atoms with Crippen molar-refractivity contribution in [3.05, 3.63) is 0 Å². The minimum Gasteiger partial charge on any atom is -0.394 e. The van der Waals surface area contributed by atoms with E-state index in [4.69, 9.17) is 9.84 Å². The van der Waals surface area contributed by atoms with Crippen LogP contribution in [0.4, 0.5) is 0 Å². The first-order chi connectivity index (χ1) is 9.92.